The normalized spacial score (nSPS) is 22.4. The zero-order chi connectivity index (χ0) is 14.6. The van der Waals surface area contributed by atoms with Crippen molar-refractivity contribution in [3.8, 4) is 0 Å². The molecule has 0 bridgehead atoms. The summed E-state index contributed by atoms with van der Waals surface area (Å²) in [6.45, 7) is 10.2. The molecule has 2 rings (SSSR count). The highest BCUT2D eigenvalue weighted by atomic mass is 15.2. The first-order valence-electron chi connectivity index (χ1n) is 8.08. The van der Waals surface area contributed by atoms with Gasteiger partial charge in [0.1, 0.15) is 0 Å². The highest BCUT2D eigenvalue weighted by Gasteiger charge is 2.33. The number of likely N-dealkylation sites (tertiary alicyclic amines) is 1. The van der Waals surface area contributed by atoms with E-state index in [9.17, 15) is 0 Å². The predicted octanol–water partition coefficient (Wildman–Crippen LogP) is 3.76. The maximum atomic E-state index is 6.56. The summed E-state index contributed by atoms with van der Waals surface area (Å²) >= 11 is 0. The fraction of sp³-hybridized carbons (Fsp3) is 0.667. The molecular weight excluding hydrogens is 244 g/mol. The van der Waals surface area contributed by atoms with Crippen LogP contribution in [0, 0.1) is 5.41 Å². The van der Waals surface area contributed by atoms with Gasteiger partial charge in [-0.15, -0.1) is 0 Å². The van der Waals surface area contributed by atoms with Crippen LogP contribution in [0.1, 0.15) is 52.0 Å². The number of nitrogens with zero attached hydrogens (tertiary/aromatic N) is 1. The first-order chi connectivity index (χ1) is 9.51. The summed E-state index contributed by atoms with van der Waals surface area (Å²) in [6.07, 6.45) is 5.28. The first-order valence-corrected chi connectivity index (χ1v) is 8.08. The van der Waals surface area contributed by atoms with E-state index in [1.54, 1.807) is 0 Å². The van der Waals surface area contributed by atoms with Gasteiger partial charge in [-0.1, -0.05) is 57.0 Å². The van der Waals surface area contributed by atoms with Crippen LogP contribution in [-0.4, -0.2) is 24.5 Å². The van der Waals surface area contributed by atoms with Crippen molar-refractivity contribution in [2.45, 2.75) is 52.0 Å². The molecule has 1 saturated heterocycles. The Hall–Kier alpha value is -0.860. The van der Waals surface area contributed by atoms with E-state index in [4.69, 9.17) is 5.73 Å². The molecule has 1 fully saturated rings. The van der Waals surface area contributed by atoms with Crippen molar-refractivity contribution in [2.75, 3.05) is 19.6 Å². The van der Waals surface area contributed by atoms with Gasteiger partial charge in [0.25, 0.3) is 0 Å². The summed E-state index contributed by atoms with van der Waals surface area (Å²) < 4.78 is 0. The van der Waals surface area contributed by atoms with Gasteiger partial charge in [-0.25, -0.2) is 0 Å². The van der Waals surface area contributed by atoms with Gasteiger partial charge in [0.15, 0.2) is 0 Å². The molecule has 0 radical (unpaired) electrons. The van der Waals surface area contributed by atoms with Crippen LogP contribution in [0.4, 0.5) is 0 Å². The van der Waals surface area contributed by atoms with Crippen LogP contribution in [0.25, 0.3) is 0 Å². The quantitative estimate of drug-likeness (QED) is 0.885. The average Bonchev–Trinajstić information content (AvgIpc) is 2.49. The highest BCUT2D eigenvalue weighted by molar-refractivity contribution is 5.23. The summed E-state index contributed by atoms with van der Waals surface area (Å²) in [5, 5.41) is 0. The van der Waals surface area contributed by atoms with E-state index in [1.165, 1.54) is 44.3 Å². The fourth-order valence-electron chi connectivity index (χ4n) is 3.52. The molecule has 0 aromatic heterocycles. The van der Waals surface area contributed by atoms with Crippen LogP contribution >= 0.6 is 0 Å². The molecule has 1 aliphatic heterocycles. The average molecular weight is 274 g/mol. The molecule has 0 saturated carbocycles. The smallest absolute Gasteiger partial charge is 0.0509 e. The summed E-state index contributed by atoms with van der Waals surface area (Å²) in [7, 11) is 0. The molecule has 1 aliphatic rings. The zero-order valence-corrected chi connectivity index (χ0v) is 13.4. The summed E-state index contributed by atoms with van der Waals surface area (Å²) in [6, 6.07) is 10.5. The van der Waals surface area contributed by atoms with E-state index in [1.807, 2.05) is 0 Å². The maximum Gasteiger partial charge on any atom is 0.0509 e. The lowest BCUT2D eigenvalue weighted by atomic mass is 9.74. The molecule has 1 unspecified atom stereocenters. The zero-order valence-electron chi connectivity index (χ0n) is 13.4. The van der Waals surface area contributed by atoms with Crippen molar-refractivity contribution in [3.05, 3.63) is 35.9 Å². The van der Waals surface area contributed by atoms with Crippen molar-refractivity contribution in [1.82, 2.24) is 4.90 Å². The molecule has 1 aromatic rings. The summed E-state index contributed by atoms with van der Waals surface area (Å²) in [5.74, 6) is 0. The van der Waals surface area contributed by atoms with Gasteiger partial charge in [-0.05, 0) is 43.8 Å². The van der Waals surface area contributed by atoms with Crippen molar-refractivity contribution < 1.29 is 0 Å². The Labute approximate surface area is 124 Å². The van der Waals surface area contributed by atoms with Crippen molar-refractivity contribution in [3.63, 3.8) is 0 Å². The molecule has 112 valence electrons. The van der Waals surface area contributed by atoms with Crippen LogP contribution in [0.3, 0.4) is 0 Å². The predicted molar refractivity (Wildman–Crippen MR) is 86.7 cm³/mol. The number of rotatable bonds is 5. The number of nitrogens with two attached hydrogens (primary N) is 1. The summed E-state index contributed by atoms with van der Waals surface area (Å²) in [4.78, 5) is 2.55. The lowest BCUT2D eigenvalue weighted by molar-refractivity contribution is 0.0809. The van der Waals surface area contributed by atoms with Gasteiger partial charge in [-0.3, -0.25) is 0 Å². The van der Waals surface area contributed by atoms with E-state index < -0.39 is 0 Å². The molecule has 2 heteroatoms. The van der Waals surface area contributed by atoms with Crippen LogP contribution in [0.15, 0.2) is 30.3 Å². The van der Waals surface area contributed by atoms with E-state index >= 15 is 0 Å². The first kappa shape index (κ1) is 15.5. The number of piperidine rings is 1. The highest BCUT2D eigenvalue weighted by Crippen LogP contribution is 2.38. The molecule has 1 aromatic carbocycles. The lowest BCUT2D eigenvalue weighted by Gasteiger charge is -2.43. The van der Waals surface area contributed by atoms with Crippen molar-refractivity contribution >= 4 is 0 Å². The molecule has 0 spiro atoms. The van der Waals surface area contributed by atoms with Gasteiger partial charge >= 0.3 is 0 Å². The monoisotopic (exact) mass is 274 g/mol. The standard InChI is InChI=1S/C18H30N2/c1-4-18(5-2)11-13-20(14-12-18)15-17(3,19)16-9-7-6-8-10-16/h6-10H,4-5,11-15,19H2,1-3H3. The van der Waals surface area contributed by atoms with E-state index in [0.29, 0.717) is 5.41 Å². The molecule has 0 aliphatic carbocycles. The second-order valence-electron chi connectivity index (χ2n) is 6.77. The van der Waals surface area contributed by atoms with Gasteiger partial charge in [0.05, 0.1) is 5.54 Å². The Bertz CT molecular complexity index is 397. The van der Waals surface area contributed by atoms with E-state index in [0.717, 1.165) is 6.54 Å². The van der Waals surface area contributed by atoms with Crippen molar-refractivity contribution in [2.24, 2.45) is 11.1 Å². The number of hydrogen-bond donors (Lipinski definition) is 1. The van der Waals surface area contributed by atoms with E-state index in [-0.39, 0.29) is 5.54 Å². The third kappa shape index (κ3) is 3.42. The van der Waals surface area contributed by atoms with Gasteiger partial charge in [0, 0.05) is 6.54 Å². The minimum Gasteiger partial charge on any atom is -0.321 e. The third-order valence-corrected chi connectivity index (χ3v) is 5.40. The molecule has 0 amide bonds. The topological polar surface area (TPSA) is 29.3 Å². The summed E-state index contributed by atoms with van der Waals surface area (Å²) in [5.41, 5.74) is 8.14. The Kier molecular flexibility index (Phi) is 4.87. The van der Waals surface area contributed by atoms with Gasteiger partial charge in [-0.2, -0.15) is 0 Å². The van der Waals surface area contributed by atoms with Crippen molar-refractivity contribution in [1.29, 1.82) is 0 Å². The number of benzene rings is 1. The largest absolute Gasteiger partial charge is 0.321 e. The maximum absolute atomic E-state index is 6.56. The molecule has 2 N–H and O–H groups in total. The minimum absolute atomic E-state index is 0.250. The van der Waals surface area contributed by atoms with Crippen LogP contribution in [0.5, 0.6) is 0 Å². The second kappa shape index (κ2) is 6.28. The van der Waals surface area contributed by atoms with Gasteiger partial charge in [0.2, 0.25) is 0 Å². The molecule has 20 heavy (non-hydrogen) atoms. The molecule has 1 heterocycles. The number of hydrogen-bond acceptors (Lipinski definition) is 2. The second-order valence-corrected chi connectivity index (χ2v) is 6.77. The Morgan fingerprint density at radius 1 is 1.10 bits per heavy atom. The lowest BCUT2D eigenvalue weighted by Crippen LogP contribution is -2.49. The van der Waals surface area contributed by atoms with Gasteiger partial charge < -0.3 is 10.6 Å². The SMILES string of the molecule is CCC1(CC)CCN(CC(C)(N)c2ccccc2)CC1. The Balaban J connectivity index is 1.95. The Morgan fingerprint density at radius 2 is 1.65 bits per heavy atom. The molecular formula is C18H30N2. The van der Waals surface area contributed by atoms with Crippen LogP contribution in [-0.2, 0) is 5.54 Å². The Morgan fingerprint density at radius 3 is 2.15 bits per heavy atom. The fourth-order valence-corrected chi connectivity index (χ4v) is 3.52. The van der Waals surface area contributed by atoms with Crippen LogP contribution in [0.2, 0.25) is 0 Å². The molecule has 2 nitrogen and oxygen atoms in total. The molecule has 1 atom stereocenters. The minimum atomic E-state index is -0.250. The third-order valence-electron chi connectivity index (χ3n) is 5.40. The van der Waals surface area contributed by atoms with E-state index in [2.05, 4.69) is 56.0 Å². The van der Waals surface area contributed by atoms with Crippen LogP contribution < -0.4 is 5.73 Å².